The van der Waals surface area contributed by atoms with Crippen molar-refractivity contribution in [2.24, 2.45) is 5.73 Å². The van der Waals surface area contributed by atoms with Crippen molar-refractivity contribution in [2.75, 3.05) is 0 Å². The predicted molar refractivity (Wildman–Crippen MR) is 85.2 cm³/mol. The summed E-state index contributed by atoms with van der Waals surface area (Å²) >= 11 is 13.3. The second-order valence-electron chi connectivity index (χ2n) is 4.27. The van der Waals surface area contributed by atoms with Crippen LogP contribution in [-0.4, -0.2) is 13.4 Å². The summed E-state index contributed by atoms with van der Waals surface area (Å²) in [5.41, 5.74) is 6.05. The Hall–Kier alpha value is -0.700. The number of aromatic nitrogens is 1. The predicted octanol–water partition coefficient (Wildman–Crippen LogP) is 2.70. The number of aryl methyl sites for hydroxylation is 1. The number of rotatable bonds is 5. The average Bonchev–Trinajstić information content (AvgIpc) is 2.82. The van der Waals surface area contributed by atoms with Crippen LogP contribution in [0.3, 0.4) is 0 Å². The molecule has 0 bridgehead atoms. The summed E-state index contributed by atoms with van der Waals surface area (Å²) in [5, 5.41) is 1.08. The van der Waals surface area contributed by atoms with Gasteiger partial charge in [-0.15, -0.1) is 11.3 Å². The van der Waals surface area contributed by atoms with Crippen molar-refractivity contribution >= 4 is 44.6 Å². The van der Waals surface area contributed by atoms with E-state index < -0.39 is 10.0 Å². The van der Waals surface area contributed by atoms with E-state index in [4.69, 9.17) is 28.9 Å². The Balaban J connectivity index is 2.27. The van der Waals surface area contributed by atoms with E-state index in [-0.39, 0.29) is 23.0 Å². The van der Waals surface area contributed by atoms with Gasteiger partial charge in [0, 0.05) is 22.6 Å². The summed E-state index contributed by atoms with van der Waals surface area (Å²) in [4.78, 5) is 5.07. The van der Waals surface area contributed by atoms with Crippen LogP contribution < -0.4 is 10.5 Å². The fourth-order valence-electron chi connectivity index (χ4n) is 1.65. The molecule has 0 aliphatic heterocycles. The lowest BCUT2D eigenvalue weighted by Gasteiger charge is -2.10. The summed E-state index contributed by atoms with van der Waals surface area (Å²) in [6.45, 7) is 2.14. The first-order valence-electron chi connectivity index (χ1n) is 5.92. The van der Waals surface area contributed by atoms with E-state index in [2.05, 4.69) is 9.71 Å². The number of halogens is 2. The molecule has 0 amide bonds. The Labute approximate surface area is 137 Å². The first-order valence-corrected chi connectivity index (χ1v) is 8.98. The minimum absolute atomic E-state index is 0.0395. The van der Waals surface area contributed by atoms with Crippen LogP contribution >= 0.6 is 34.5 Å². The normalized spacial score (nSPS) is 11.8. The number of hydrogen-bond acceptors (Lipinski definition) is 5. The molecule has 9 heteroatoms. The Morgan fingerprint density at radius 3 is 2.62 bits per heavy atom. The summed E-state index contributed by atoms with van der Waals surface area (Å²) in [7, 11) is -3.76. The highest BCUT2D eigenvalue weighted by Gasteiger charge is 2.20. The minimum Gasteiger partial charge on any atom is -0.326 e. The summed E-state index contributed by atoms with van der Waals surface area (Å²) < 4.78 is 27.1. The van der Waals surface area contributed by atoms with E-state index in [1.54, 1.807) is 6.20 Å². The molecule has 0 fully saturated rings. The molecule has 0 aliphatic rings. The van der Waals surface area contributed by atoms with Crippen molar-refractivity contribution in [3.63, 3.8) is 0 Å². The van der Waals surface area contributed by atoms with Crippen molar-refractivity contribution in [2.45, 2.75) is 24.9 Å². The van der Waals surface area contributed by atoms with Crippen molar-refractivity contribution < 1.29 is 8.42 Å². The van der Waals surface area contributed by atoms with Gasteiger partial charge in [0.15, 0.2) is 0 Å². The standard InChI is InChI=1S/C12H13Cl2N3O2S2/c1-7-5-16-12(20-7)6-17-21(18,19)11-2-8(4-15)9(13)3-10(11)14/h2-3,5,17H,4,6,15H2,1H3. The highest BCUT2D eigenvalue weighted by Crippen LogP contribution is 2.28. The zero-order valence-electron chi connectivity index (χ0n) is 11.1. The quantitative estimate of drug-likeness (QED) is 0.852. The molecular weight excluding hydrogens is 353 g/mol. The van der Waals surface area contributed by atoms with Gasteiger partial charge in [-0.1, -0.05) is 23.2 Å². The Kier molecular flexibility index (Phi) is 5.24. The van der Waals surface area contributed by atoms with Crippen LogP contribution in [0.25, 0.3) is 0 Å². The number of benzene rings is 1. The van der Waals surface area contributed by atoms with Crippen LogP contribution in [-0.2, 0) is 23.1 Å². The third-order valence-corrected chi connectivity index (χ3v) is 5.82. The molecule has 0 saturated carbocycles. The van der Waals surface area contributed by atoms with Gasteiger partial charge < -0.3 is 5.73 Å². The van der Waals surface area contributed by atoms with Crippen LogP contribution in [0, 0.1) is 6.92 Å². The zero-order chi connectivity index (χ0) is 15.6. The maximum Gasteiger partial charge on any atom is 0.242 e. The summed E-state index contributed by atoms with van der Waals surface area (Å²) in [6, 6.07) is 2.77. The molecule has 0 atom stereocenters. The number of nitrogens with one attached hydrogen (secondary N) is 1. The SMILES string of the molecule is Cc1cnc(CNS(=O)(=O)c2cc(CN)c(Cl)cc2Cl)s1. The molecule has 5 nitrogen and oxygen atoms in total. The molecule has 0 radical (unpaired) electrons. The van der Waals surface area contributed by atoms with Gasteiger partial charge in [-0.3, -0.25) is 0 Å². The van der Waals surface area contributed by atoms with Gasteiger partial charge >= 0.3 is 0 Å². The minimum atomic E-state index is -3.76. The van der Waals surface area contributed by atoms with E-state index in [1.807, 2.05) is 6.92 Å². The molecule has 1 heterocycles. The third kappa shape index (κ3) is 3.94. The molecule has 0 saturated heterocycles. The van der Waals surface area contributed by atoms with Crippen LogP contribution in [0.2, 0.25) is 10.0 Å². The first kappa shape index (κ1) is 16.7. The van der Waals surface area contributed by atoms with Crippen LogP contribution in [0.4, 0.5) is 0 Å². The molecule has 2 aromatic rings. The lowest BCUT2D eigenvalue weighted by molar-refractivity contribution is 0.581. The Bertz CT molecular complexity index is 760. The zero-order valence-corrected chi connectivity index (χ0v) is 14.2. The molecule has 0 aliphatic carbocycles. The molecule has 2 rings (SSSR count). The van der Waals surface area contributed by atoms with Crippen molar-refractivity contribution in [3.05, 3.63) is 43.8 Å². The fourth-order valence-corrected chi connectivity index (χ4v) is 4.33. The van der Waals surface area contributed by atoms with Gasteiger partial charge in [0.1, 0.15) is 9.90 Å². The lowest BCUT2D eigenvalue weighted by Crippen LogP contribution is -2.23. The van der Waals surface area contributed by atoms with Crippen molar-refractivity contribution in [1.82, 2.24) is 9.71 Å². The molecule has 1 aromatic carbocycles. The number of nitrogens with two attached hydrogens (primary N) is 1. The van der Waals surface area contributed by atoms with Gasteiger partial charge in [-0.25, -0.2) is 18.1 Å². The Morgan fingerprint density at radius 2 is 2.05 bits per heavy atom. The highest BCUT2D eigenvalue weighted by atomic mass is 35.5. The van der Waals surface area contributed by atoms with Gasteiger partial charge in [0.05, 0.1) is 11.6 Å². The van der Waals surface area contributed by atoms with E-state index in [0.29, 0.717) is 15.6 Å². The first-order chi connectivity index (χ1) is 9.83. The molecular formula is C12H13Cl2N3O2S2. The van der Waals surface area contributed by atoms with Gasteiger partial charge in [-0.05, 0) is 24.6 Å². The topological polar surface area (TPSA) is 85.1 Å². The van der Waals surface area contributed by atoms with E-state index in [1.165, 1.54) is 23.5 Å². The van der Waals surface area contributed by atoms with E-state index in [0.717, 1.165) is 4.88 Å². The molecule has 21 heavy (non-hydrogen) atoms. The summed E-state index contributed by atoms with van der Waals surface area (Å²) in [5.74, 6) is 0. The van der Waals surface area contributed by atoms with Crippen LogP contribution in [0.5, 0.6) is 0 Å². The number of hydrogen-bond donors (Lipinski definition) is 2. The molecule has 0 unspecified atom stereocenters. The van der Waals surface area contributed by atoms with Gasteiger partial charge in [0.25, 0.3) is 0 Å². The highest BCUT2D eigenvalue weighted by molar-refractivity contribution is 7.89. The smallest absolute Gasteiger partial charge is 0.242 e. The second-order valence-corrected chi connectivity index (χ2v) is 8.14. The van der Waals surface area contributed by atoms with E-state index in [9.17, 15) is 8.42 Å². The van der Waals surface area contributed by atoms with Crippen LogP contribution in [0.1, 0.15) is 15.4 Å². The largest absolute Gasteiger partial charge is 0.326 e. The van der Waals surface area contributed by atoms with Gasteiger partial charge in [0.2, 0.25) is 10.0 Å². The lowest BCUT2D eigenvalue weighted by atomic mass is 10.2. The second kappa shape index (κ2) is 6.60. The molecule has 1 aromatic heterocycles. The molecule has 114 valence electrons. The maximum absolute atomic E-state index is 12.3. The number of nitrogens with zero attached hydrogens (tertiary/aromatic N) is 1. The molecule has 0 spiro atoms. The maximum atomic E-state index is 12.3. The number of sulfonamides is 1. The fraction of sp³-hybridized carbons (Fsp3) is 0.250. The molecule has 3 N–H and O–H groups in total. The third-order valence-electron chi connectivity index (χ3n) is 2.69. The van der Waals surface area contributed by atoms with Crippen molar-refractivity contribution in [3.8, 4) is 0 Å². The van der Waals surface area contributed by atoms with E-state index >= 15 is 0 Å². The van der Waals surface area contributed by atoms with Gasteiger partial charge in [-0.2, -0.15) is 0 Å². The average molecular weight is 366 g/mol. The Morgan fingerprint density at radius 1 is 1.33 bits per heavy atom. The van der Waals surface area contributed by atoms with Crippen LogP contribution in [0.15, 0.2) is 23.2 Å². The monoisotopic (exact) mass is 365 g/mol. The summed E-state index contributed by atoms with van der Waals surface area (Å²) in [6.07, 6.45) is 1.69. The number of thiazole rings is 1. The van der Waals surface area contributed by atoms with Crippen molar-refractivity contribution in [1.29, 1.82) is 0 Å².